The number of aromatic nitrogens is 2. The Morgan fingerprint density at radius 1 is 1.07 bits per heavy atom. The monoisotopic (exact) mass is 380 g/mol. The van der Waals surface area contributed by atoms with Gasteiger partial charge in [-0.05, 0) is 30.3 Å². The molecular weight excluding hydrogens is 365 g/mol. The van der Waals surface area contributed by atoms with Gasteiger partial charge >= 0.3 is 12.1 Å². The maximum atomic E-state index is 13.1. The Bertz CT molecular complexity index is 890. The van der Waals surface area contributed by atoms with Gasteiger partial charge in [0.25, 0.3) is 0 Å². The van der Waals surface area contributed by atoms with Crippen molar-refractivity contribution in [1.29, 1.82) is 0 Å². The van der Waals surface area contributed by atoms with E-state index < -0.39 is 12.1 Å². The molecule has 0 amide bonds. The molecule has 0 radical (unpaired) electrons. The van der Waals surface area contributed by atoms with Crippen LogP contribution in [0.15, 0.2) is 47.0 Å². The van der Waals surface area contributed by atoms with E-state index in [-0.39, 0.29) is 24.7 Å². The molecule has 2 aromatic heterocycles. The summed E-state index contributed by atoms with van der Waals surface area (Å²) in [6, 6.07) is 9.30. The normalized spacial score (nSPS) is 11.4. The topological polar surface area (TPSA) is 77.6 Å². The van der Waals surface area contributed by atoms with Gasteiger partial charge < -0.3 is 19.0 Å². The van der Waals surface area contributed by atoms with Crippen molar-refractivity contribution in [2.24, 2.45) is 0 Å². The van der Waals surface area contributed by atoms with E-state index in [1.54, 1.807) is 30.3 Å². The first-order valence-electron chi connectivity index (χ1n) is 7.85. The van der Waals surface area contributed by atoms with Gasteiger partial charge in [0.2, 0.25) is 5.88 Å². The third kappa shape index (κ3) is 4.20. The van der Waals surface area contributed by atoms with Crippen LogP contribution in [0.1, 0.15) is 5.89 Å². The molecule has 0 unspecified atom stereocenters. The number of hydrogen-bond donors (Lipinski definition) is 1. The Labute approximate surface area is 152 Å². The van der Waals surface area contributed by atoms with Crippen LogP contribution >= 0.6 is 0 Å². The quantitative estimate of drug-likeness (QED) is 0.701. The lowest BCUT2D eigenvalue weighted by Crippen LogP contribution is -2.04. The number of aliphatic hydroxyl groups excluding tert-OH is 1. The van der Waals surface area contributed by atoms with Crippen molar-refractivity contribution < 1.29 is 32.2 Å². The van der Waals surface area contributed by atoms with Gasteiger partial charge in [-0.1, -0.05) is 0 Å². The second-order valence-corrected chi connectivity index (χ2v) is 5.38. The second kappa shape index (κ2) is 7.67. The van der Waals surface area contributed by atoms with Crippen LogP contribution in [-0.2, 0) is 6.18 Å². The number of halogens is 3. The molecule has 142 valence electrons. The lowest BCUT2D eigenvalue weighted by atomic mass is 10.1. The minimum atomic E-state index is -4.73. The molecule has 0 aliphatic rings. The smallest absolute Gasteiger partial charge is 0.468 e. The first-order chi connectivity index (χ1) is 12.9. The molecule has 0 atom stereocenters. The van der Waals surface area contributed by atoms with Crippen LogP contribution in [0.2, 0.25) is 0 Å². The molecule has 0 fully saturated rings. The summed E-state index contributed by atoms with van der Waals surface area (Å²) < 4.78 is 54.5. The van der Waals surface area contributed by atoms with Crippen LogP contribution in [0.4, 0.5) is 13.2 Å². The average Bonchev–Trinajstić information content (AvgIpc) is 3.13. The standard InChI is InChI=1S/C18H15F3N2O4/c1-25-14-7-4-12(10-22-14)15-16(27-17(23-15)18(19,20)21)11-2-5-13(6-3-11)26-9-8-24/h2-7,10,24H,8-9H2,1H3. The molecule has 0 aliphatic heterocycles. The lowest BCUT2D eigenvalue weighted by molar-refractivity contribution is -0.156. The zero-order valence-electron chi connectivity index (χ0n) is 14.2. The van der Waals surface area contributed by atoms with E-state index in [4.69, 9.17) is 19.0 Å². The number of benzene rings is 1. The number of hydrogen-bond acceptors (Lipinski definition) is 6. The van der Waals surface area contributed by atoms with E-state index >= 15 is 0 Å². The number of aliphatic hydroxyl groups is 1. The van der Waals surface area contributed by atoms with E-state index in [1.165, 1.54) is 19.4 Å². The number of pyridine rings is 1. The summed E-state index contributed by atoms with van der Waals surface area (Å²) in [4.78, 5) is 7.62. The molecule has 0 bridgehead atoms. The Morgan fingerprint density at radius 2 is 1.78 bits per heavy atom. The highest BCUT2D eigenvalue weighted by Crippen LogP contribution is 2.38. The number of oxazole rings is 1. The Morgan fingerprint density at radius 3 is 2.33 bits per heavy atom. The number of rotatable bonds is 6. The van der Waals surface area contributed by atoms with Gasteiger partial charge in [0.15, 0.2) is 5.76 Å². The van der Waals surface area contributed by atoms with E-state index in [0.717, 1.165) is 0 Å². The predicted octanol–water partition coefficient (Wildman–Crippen LogP) is 3.80. The number of ether oxygens (including phenoxy) is 2. The second-order valence-electron chi connectivity index (χ2n) is 5.38. The maximum absolute atomic E-state index is 13.1. The predicted molar refractivity (Wildman–Crippen MR) is 89.3 cm³/mol. The third-order valence-electron chi connectivity index (χ3n) is 3.57. The molecule has 0 saturated carbocycles. The Balaban J connectivity index is 2.03. The molecule has 2 heterocycles. The maximum Gasteiger partial charge on any atom is 0.468 e. The molecule has 3 rings (SSSR count). The van der Waals surface area contributed by atoms with E-state index in [1.807, 2.05) is 0 Å². The zero-order chi connectivity index (χ0) is 19.4. The molecule has 3 aromatic rings. The van der Waals surface area contributed by atoms with Gasteiger partial charge in [0, 0.05) is 23.4 Å². The third-order valence-corrected chi connectivity index (χ3v) is 3.57. The summed E-state index contributed by atoms with van der Waals surface area (Å²) in [7, 11) is 1.44. The van der Waals surface area contributed by atoms with Crippen LogP contribution in [0.25, 0.3) is 22.6 Å². The zero-order valence-corrected chi connectivity index (χ0v) is 14.2. The molecule has 27 heavy (non-hydrogen) atoms. The fraction of sp³-hybridized carbons (Fsp3) is 0.222. The molecule has 0 spiro atoms. The highest BCUT2D eigenvalue weighted by atomic mass is 19.4. The highest BCUT2D eigenvalue weighted by Gasteiger charge is 2.39. The first-order valence-corrected chi connectivity index (χ1v) is 7.85. The van der Waals surface area contributed by atoms with Crippen molar-refractivity contribution in [1.82, 2.24) is 9.97 Å². The largest absolute Gasteiger partial charge is 0.491 e. The van der Waals surface area contributed by atoms with Crippen LogP contribution in [0.5, 0.6) is 11.6 Å². The summed E-state index contributed by atoms with van der Waals surface area (Å²) in [5.74, 6) is -0.590. The number of methoxy groups -OCH3 is 1. The summed E-state index contributed by atoms with van der Waals surface area (Å²) in [6.45, 7) is -0.0317. The molecule has 0 saturated heterocycles. The fourth-order valence-electron chi connectivity index (χ4n) is 2.34. The van der Waals surface area contributed by atoms with Gasteiger partial charge in [-0.3, -0.25) is 0 Å². The van der Waals surface area contributed by atoms with Gasteiger partial charge in [-0.15, -0.1) is 0 Å². The van der Waals surface area contributed by atoms with Gasteiger partial charge in [-0.25, -0.2) is 9.97 Å². The van der Waals surface area contributed by atoms with Crippen molar-refractivity contribution in [2.45, 2.75) is 6.18 Å². The van der Waals surface area contributed by atoms with Crippen LogP contribution in [0.3, 0.4) is 0 Å². The van der Waals surface area contributed by atoms with Crippen molar-refractivity contribution in [3.05, 3.63) is 48.5 Å². The molecule has 6 nitrogen and oxygen atoms in total. The fourth-order valence-corrected chi connectivity index (χ4v) is 2.34. The molecule has 1 aromatic carbocycles. The Kier molecular flexibility index (Phi) is 5.31. The van der Waals surface area contributed by atoms with Crippen molar-refractivity contribution in [3.63, 3.8) is 0 Å². The summed E-state index contributed by atoms with van der Waals surface area (Å²) in [6.07, 6.45) is -3.36. The molecule has 0 aliphatic carbocycles. The lowest BCUT2D eigenvalue weighted by Gasteiger charge is -2.06. The van der Waals surface area contributed by atoms with Gasteiger partial charge in [0.1, 0.15) is 18.1 Å². The van der Waals surface area contributed by atoms with E-state index in [0.29, 0.717) is 22.8 Å². The van der Waals surface area contributed by atoms with E-state index in [2.05, 4.69) is 9.97 Å². The van der Waals surface area contributed by atoms with Crippen molar-refractivity contribution in [2.75, 3.05) is 20.3 Å². The first kappa shape index (κ1) is 18.7. The minimum Gasteiger partial charge on any atom is -0.491 e. The van der Waals surface area contributed by atoms with E-state index in [9.17, 15) is 13.2 Å². The van der Waals surface area contributed by atoms with Crippen molar-refractivity contribution >= 4 is 0 Å². The number of alkyl halides is 3. The SMILES string of the molecule is COc1ccc(-c2nc(C(F)(F)F)oc2-c2ccc(OCCO)cc2)cn1. The molecular formula is C18H15F3N2O4. The molecule has 1 N–H and O–H groups in total. The summed E-state index contributed by atoms with van der Waals surface area (Å²) in [5.41, 5.74) is 0.757. The van der Waals surface area contributed by atoms with Crippen molar-refractivity contribution in [3.8, 4) is 34.2 Å². The Hall–Kier alpha value is -3.07. The van der Waals surface area contributed by atoms with Gasteiger partial charge in [-0.2, -0.15) is 13.2 Å². The highest BCUT2D eigenvalue weighted by molar-refractivity contribution is 5.76. The average molecular weight is 380 g/mol. The van der Waals surface area contributed by atoms with Crippen LogP contribution in [-0.4, -0.2) is 35.4 Å². The summed E-state index contributed by atoms with van der Waals surface area (Å²) in [5, 5.41) is 8.77. The minimum absolute atomic E-state index is 0.0153. The molecule has 9 heteroatoms. The van der Waals surface area contributed by atoms with Crippen LogP contribution in [0, 0.1) is 0 Å². The number of nitrogens with zero attached hydrogens (tertiary/aromatic N) is 2. The summed E-state index contributed by atoms with van der Waals surface area (Å²) >= 11 is 0. The van der Waals surface area contributed by atoms with Crippen LogP contribution < -0.4 is 9.47 Å². The van der Waals surface area contributed by atoms with Gasteiger partial charge in [0.05, 0.1) is 13.7 Å².